The minimum Gasteiger partial charge on any atom is -0.285 e. The summed E-state index contributed by atoms with van der Waals surface area (Å²) in [6.45, 7) is 4.03. The van der Waals surface area contributed by atoms with Crippen molar-refractivity contribution in [2.24, 2.45) is 5.92 Å². The van der Waals surface area contributed by atoms with E-state index in [0.29, 0.717) is 5.92 Å². The van der Waals surface area contributed by atoms with E-state index in [0.717, 1.165) is 42.2 Å². The fourth-order valence-electron chi connectivity index (χ4n) is 3.48. The van der Waals surface area contributed by atoms with Crippen molar-refractivity contribution in [1.82, 2.24) is 14.7 Å². The molecule has 6 nitrogen and oxygen atoms in total. The highest BCUT2D eigenvalue weighted by molar-refractivity contribution is 6.44. The van der Waals surface area contributed by atoms with E-state index in [1.807, 2.05) is 0 Å². The zero-order valence-electron chi connectivity index (χ0n) is 14.9. The molecule has 134 valence electrons. The third-order valence-electron chi connectivity index (χ3n) is 5.26. The molecule has 0 bridgehead atoms. The zero-order chi connectivity index (χ0) is 18.0. The highest BCUT2D eigenvalue weighted by Crippen LogP contribution is 2.23. The number of hydrogen-bond acceptors (Lipinski definition) is 4. The normalized spacial score (nSPS) is 20.0. The van der Waals surface area contributed by atoms with Crippen LogP contribution in [0.4, 0.5) is 4.79 Å². The molecule has 6 heteroatoms. The van der Waals surface area contributed by atoms with Gasteiger partial charge in [0, 0.05) is 20.1 Å². The first kappa shape index (κ1) is 17.6. The van der Waals surface area contributed by atoms with Gasteiger partial charge in [-0.25, -0.2) is 9.69 Å². The van der Waals surface area contributed by atoms with Crippen LogP contribution in [0.2, 0.25) is 0 Å². The number of likely N-dealkylation sites (N-methyl/N-ethyl adjacent to an activating group) is 1. The molecule has 3 rings (SSSR count). The Bertz CT molecular complexity index is 663. The molecule has 0 aliphatic carbocycles. The van der Waals surface area contributed by atoms with Gasteiger partial charge in [-0.1, -0.05) is 29.8 Å². The number of benzene rings is 1. The van der Waals surface area contributed by atoms with Crippen LogP contribution in [0, 0.1) is 12.8 Å². The number of imide groups is 2. The predicted octanol–water partition coefficient (Wildman–Crippen LogP) is 2.02. The average molecular weight is 343 g/mol. The van der Waals surface area contributed by atoms with E-state index in [2.05, 4.69) is 36.1 Å². The molecule has 0 N–H and O–H groups in total. The first-order valence-corrected chi connectivity index (χ1v) is 8.87. The number of hydrogen-bond donors (Lipinski definition) is 0. The maximum Gasteiger partial charge on any atom is 0.335 e. The van der Waals surface area contributed by atoms with Gasteiger partial charge in [-0.15, -0.1) is 0 Å². The number of urea groups is 1. The summed E-state index contributed by atoms with van der Waals surface area (Å²) in [7, 11) is 1.35. The van der Waals surface area contributed by atoms with Crippen LogP contribution in [0.1, 0.15) is 30.4 Å². The van der Waals surface area contributed by atoms with Gasteiger partial charge in [-0.2, -0.15) is 0 Å². The van der Waals surface area contributed by atoms with Crippen molar-refractivity contribution in [1.29, 1.82) is 0 Å². The molecule has 0 unspecified atom stereocenters. The molecule has 0 saturated carbocycles. The van der Waals surface area contributed by atoms with Gasteiger partial charge in [-0.05, 0) is 44.1 Å². The number of nitrogens with zero attached hydrogens (tertiary/aromatic N) is 3. The average Bonchev–Trinajstić information content (AvgIpc) is 2.80. The lowest BCUT2D eigenvalue weighted by atomic mass is 9.90. The molecule has 1 aromatic rings. The molecule has 25 heavy (non-hydrogen) atoms. The minimum atomic E-state index is -0.738. The molecule has 2 aliphatic rings. The van der Waals surface area contributed by atoms with Crippen LogP contribution in [0.15, 0.2) is 24.3 Å². The topological polar surface area (TPSA) is 60.9 Å². The Morgan fingerprint density at radius 3 is 2.20 bits per heavy atom. The Morgan fingerprint density at radius 1 is 1.00 bits per heavy atom. The maximum atomic E-state index is 11.9. The zero-order valence-corrected chi connectivity index (χ0v) is 14.9. The summed E-state index contributed by atoms with van der Waals surface area (Å²) in [5.41, 5.74) is 2.66. The van der Waals surface area contributed by atoms with E-state index >= 15 is 0 Å². The second-order valence-electron chi connectivity index (χ2n) is 7.11. The van der Waals surface area contributed by atoms with Crippen molar-refractivity contribution in [3.63, 3.8) is 0 Å². The SMILES string of the molecule is Cc1ccc(CCC2CCN(CN3C(=O)C(=O)N(C)C3=O)CC2)cc1. The molecule has 2 fully saturated rings. The summed E-state index contributed by atoms with van der Waals surface area (Å²) in [6.07, 6.45) is 4.38. The largest absolute Gasteiger partial charge is 0.335 e. The maximum absolute atomic E-state index is 11.9. The number of carbonyl (C=O) groups is 3. The fraction of sp³-hybridized carbons (Fsp3) is 0.526. The Kier molecular flexibility index (Phi) is 5.18. The minimum absolute atomic E-state index is 0.221. The van der Waals surface area contributed by atoms with Gasteiger partial charge in [0.1, 0.15) is 0 Å². The molecular formula is C19H25N3O3. The summed E-state index contributed by atoms with van der Waals surface area (Å²) in [4.78, 5) is 39.3. The van der Waals surface area contributed by atoms with E-state index < -0.39 is 17.8 Å². The Morgan fingerprint density at radius 2 is 1.64 bits per heavy atom. The van der Waals surface area contributed by atoms with Crippen LogP contribution < -0.4 is 0 Å². The second kappa shape index (κ2) is 7.35. The fourth-order valence-corrected chi connectivity index (χ4v) is 3.48. The molecule has 0 radical (unpaired) electrons. The van der Waals surface area contributed by atoms with E-state index in [4.69, 9.17) is 0 Å². The molecule has 2 heterocycles. The van der Waals surface area contributed by atoms with Crippen LogP contribution >= 0.6 is 0 Å². The number of carbonyl (C=O) groups excluding carboxylic acids is 3. The van der Waals surface area contributed by atoms with E-state index in [1.54, 1.807) is 0 Å². The summed E-state index contributed by atoms with van der Waals surface area (Å²) in [5.74, 6) is -0.779. The van der Waals surface area contributed by atoms with Crippen molar-refractivity contribution >= 4 is 17.8 Å². The number of likely N-dealkylation sites (tertiary alicyclic amines) is 1. The van der Waals surface area contributed by atoms with Crippen molar-refractivity contribution in [3.05, 3.63) is 35.4 Å². The second-order valence-corrected chi connectivity index (χ2v) is 7.11. The first-order chi connectivity index (χ1) is 12.0. The third kappa shape index (κ3) is 3.90. The van der Waals surface area contributed by atoms with Crippen molar-refractivity contribution < 1.29 is 14.4 Å². The van der Waals surface area contributed by atoms with Crippen LogP contribution in [0.3, 0.4) is 0 Å². The van der Waals surface area contributed by atoms with Crippen molar-refractivity contribution in [2.45, 2.75) is 32.6 Å². The van der Waals surface area contributed by atoms with Crippen LogP contribution in [0.25, 0.3) is 0 Å². The van der Waals surface area contributed by atoms with Crippen LogP contribution in [0.5, 0.6) is 0 Å². The molecule has 0 spiro atoms. The molecular weight excluding hydrogens is 318 g/mol. The van der Waals surface area contributed by atoms with Gasteiger partial charge < -0.3 is 0 Å². The monoisotopic (exact) mass is 343 g/mol. The lowest BCUT2D eigenvalue weighted by Gasteiger charge is -2.33. The van der Waals surface area contributed by atoms with Gasteiger partial charge in [-0.3, -0.25) is 19.4 Å². The lowest BCUT2D eigenvalue weighted by Crippen LogP contribution is -2.45. The number of aryl methyl sites for hydroxylation is 2. The smallest absolute Gasteiger partial charge is 0.285 e. The van der Waals surface area contributed by atoms with Crippen molar-refractivity contribution in [3.8, 4) is 0 Å². The summed E-state index contributed by atoms with van der Waals surface area (Å²) >= 11 is 0. The van der Waals surface area contributed by atoms with E-state index in [1.165, 1.54) is 24.6 Å². The predicted molar refractivity (Wildman–Crippen MR) is 93.7 cm³/mol. The van der Waals surface area contributed by atoms with Crippen LogP contribution in [-0.2, 0) is 16.0 Å². The standard InChI is InChI=1S/C19H25N3O3/c1-14-3-5-15(6-4-14)7-8-16-9-11-21(12-10-16)13-22-18(24)17(23)20(2)19(22)25/h3-6,16H,7-13H2,1-2H3. The Hall–Kier alpha value is -2.21. The molecule has 0 atom stereocenters. The van der Waals surface area contributed by atoms with E-state index in [9.17, 15) is 14.4 Å². The summed E-state index contributed by atoms with van der Waals surface area (Å²) in [6, 6.07) is 8.18. The molecule has 4 amide bonds. The van der Waals surface area contributed by atoms with Gasteiger partial charge in [0.15, 0.2) is 0 Å². The summed E-state index contributed by atoms with van der Waals surface area (Å²) < 4.78 is 0. The van der Waals surface area contributed by atoms with E-state index in [-0.39, 0.29) is 6.67 Å². The molecule has 2 aliphatic heterocycles. The molecule has 1 aromatic carbocycles. The third-order valence-corrected chi connectivity index (χ3v) is 5.26. The van der Waals surface area contributed by atoms with Gasteiger partial charge in [0.25, 0.3) is 0 Å². The molecule has 0 aromatic heterocycles. The van der Waals surface area contributed by atoms with Crippen molar-refractivity contribution in [2.75, 3.05) is 26.8 Å². The van der Waals surface area contributed by atoms with Crippen LogP contribution in [-0.4, -0.2) is 59.4 Å². The Labute approximate surface area is 148 Å². The van der Waals surface area contributed by atoms with Gasteiger partial charge in [0.2, 0.25) is 0 Å². The lowest BCUT2D eigenvalue weighted by molar-refractivity contribution is -0.143. The first-order valence-electron chi connectivity index (χ1n) is 8.87. The van der Waals surface area contributed by atoms with Gasteiger partial charge in [0.05, 0.1) is 6.67 Å². The summed E-state index contributed by atoms with van der Waals surface area (Å²) in [5, 5.41) is 0. The number of rotatable bonds is 5. The highest BCUT2D eigenvalue weighted by Gasteiger charge is 2.42. The quantitative estimate of drug-likeness (QED) is 0.606. The van der Waals surface area contributed by atoms with Gasteiger partial charge >= 0.3 is 17.8 Å². The number of piperidine rings is 1. The molecule has 2 saturated heterocycles. The number of amides is 4. The highest BCUT2D eigenvalue weighted by atomic mass is 16.2. The Balaban J connectivity index is 1.44.